The molecule has 90 valence electrons. The maximum Gasteiger partial charge on any atom is 0.137 e. The van der Waals surface area contributed by atoms with Crippen molar-refractivity contribution in [2.75, 3.05) is 6.61 Å². The Kier molecular flexibility index (Phi) is 7.22. The Morgan fingerprint density at radius 1 is 1.18 bits per heavy atom. The summed E-state index contributed by atoms with van der Waals surface area (Å²) in [5.74, 6) is 0.956. The van der Waals surface area contributed by atoms with Gasteiger partial charge in [-0.15, -0.1) is 0 Å². The maximum absolute atomic E-state index is 8.86. The van der Waals surface area contributed by atoms with Gasteiger partial charge in [0.15, 0.2) is 0 Å². The second-order valence-corrected chi connectivity index (χ2v) is 3.64. The van der Waals surface area contributed by atoms with Crippen LogP contribution in [0, 0.1) is 28.6 Å². The molecular weight excluding hydrogens is 212 g/mol. The van der Waals surface area contributed by atoms with Crippen molar-refractivity contribution >= 4 is 0 Å². The third-order valence-corrected chi connectivity index (χ3v) is 1.80. The Morgan fingerprint density at radius 2 is 1.82 bits per heavy atom. The summed E-state index contributed by atoms with van der Waals surface area (Å²) in [6.45, 7) is 8.64. The summed E-state index contributed by atoms with van der Waals surface area (Å²) in [7, 11) is 0. The van der Waals surface area contributed by atoms with Crippen LogP contribution in [-0.2, 0) is 0 Å². The molecule has 0 heterocycles. The molecule has 0 spiro atoms. The molecule has 0 aliphatic heterocycles. The van der Waals surface area contributed by atoms with Crippen LogP contribution in [0.15, 0.2) is 18.2 Å². The first-order valence-electron chi connectivity index (χ1n) is 5.74. The minimum atomic E-state index is 0.409. The summed E-state index contributed by atoms with van der Waals surface area (Å²) >= 11 is 0. The Balaban J connectivity index is 0.00000121. The van der Waals surface area contributed by atoms with Gasteiger partial charge >= 0.3 is 0 Å². The van der Waals surface area contributed by atoms with Crippen LogP contribution in [0.5, 0.6) is 5.75 Å². The van der Waals surface area contributed by atoms with Crippen molar-refractivity contribution in [2.45, 2.75) is 27.7 Å². The lowest BCUT2D eigenvalue weighted by atomic mass is 10.1. The van der Waals surface area contributed by atoms with E-state index in [1.807, 2.05) is 39.8 Å². The zero-order chi connectivity index (χ0) is 13.3. The minimum absolute atomic E-state index is 0.409. The molecule has 1 aromatic rings. The number of hydrogen-bond donors (Lipinski definition) is 0. The van der Waals surface area contributed by atoms with E-state index < -0.39 is 0 Å². The van der Waals surface area contributed by atoms with E-state index in [0.717, 1.165) is 0 Å². The van der Waals surface area contributed by atoms with Crippen LogP contribution in [0.2, 0.25) is 0 Å². The highest BCUT2D eigenvalue weighted by Gasteiger charge is 2.05. The van der Waals surface area contributed by atoms with Crippen LogP contribution in [0.25, 0.3) is 0 Å². The lowest BCUT2D eigenvalue weighted by Gasteiger charge is -2.09. The van der Waals surface area contributed by atoms with E-state index in [0.29, 0.717) is 29.4 Å². The van der Waals surface area contributed by atoms with Crippen LogP contribution in [-0.4, -0.2) is 6.61 Å². The molecule has 0 saturated carbocycles. The second kappa shape index (κ2) is 8.19. The van der Waals surface area contributed by atoms with Gasteiger partial charge < -0.3 is 4.74 Å². The highest BCUT2D eigenvalue weighted by molar-refractivity contribution is 5.48. The van der Waals surface area contributed by atoms with Gasteiger partial charge in [-0.2, -0.15) is 10.5 Å². The van der Waals surface area contributed by atoms with Gasteiger partial charge in [-0.05, 0) is 24.1 Å². The van der Waals surface area contributed by atoms with Gasteiger partial charge in [-0.25, -0.2) is 0 Å². The van der Waals surface area contributed by atoms with Crippen molar-refractivity contribution in [1.29, 1.82) is 10.5 Å². The number of nitriles is 2. The topological polar surface area (TPSA) is 56.8 Å². The summed E-state index contributed by atoms with van der Waals surface area (Å²) in [5.41, 5.74) is 0.887. The molecule has 0 unspecified atom stereocenters. The molecule has 3 nitrogen and oxygen atoms in total. The lowest BCUT2D eigenvalue weighted by molar-refractivity contribution is 0.270. The molecule has 0 fully saturated rings. The van der Waals surface area contributed by atoms with Crippen molar-refractivity contribution in [3.63, 3.8) is 0 Å². The SMILES string of the molecule is CC.CC(C)COc1ccc(C#N)cc1C#N. The highest BCUT2D eigenvalue weighted by Crippen LogP contribution is 2.19. The third kappa shape index (κ3) is 5.04. The number of ether oxygens (including phenoxy) is 1. The maximum atomic E-state index is 8.86. The van der Waals surface area contributed by atoms with Crippen LogP contribution in [0.3, 0.4) is 0 Å². The summed E-state index contributed by atoms with van der Waals surface area (Å²) in [6, 6.07) is 8.86. The number of rotatable bonds is 3. The molecule has 0 amide bonds. The third-order valence-electron chi connectivity index (χ3n) is 1.80. The van der Waals surface area contributed by atoms with E-state index in [4.69, 9.17) is 15.3 Å². The van der Waals surface area contributed by atoms with Crippen molar-refractivity contribution < 1.29 is 4.74 Å². The zero-order valence-corrected chi connectivity index (χ0v) is 10.8. The van der Waals surface area contributed by atoms with Gasteiger partial charge in [0.25, 0.3) is 0 Å². The molecule has 0 aliphatic carbocycles. The highest BCUT2D eigenvalue weighted by atomic mass is 16.5. The van der Waals surface area contributed by atoms with Crippen LogP contribution < -0.4 is 4.74 Å². The number of hydrogen-bond acceptors (Lipinski definition) is 3. The van der Waals surface area contributed by atoms with E-state index in [1.54, 1.807) is 12.1 Å². The fourth-order valence-electron chi connectivity index (χ4n) is 1.07. The van der Waals surface area contributed by atoms with E-state index in [2.05, 4.69) is 0 Å². The molecule has 0 saturated heterocycles. The van der Waals surface area contributed by atoms with Crippen molar-refractivity contribution in [1.82, 2.24) is 0 Å². The van der Waals surface area contributed by atoms with E-state index in [9.17, 15) is 0 Å². The smallest absolute Gasteiger partial charge is 0.137 e. The Morgan fingerprint density at radius 3 is 2.29 bits per heavy atom. The van der Waals surface area contributed by atoms with Gasteiger partial charge in [0.05, 0.1) is 23.8 Å². The lowest BCUT2D eigenvalue weighted by Crippen LogP contribution is -2.05. The van der Waals surface area contributed by atoms with Gasteiger partial charge in [0.2, 0.25) is 0 Å². The first kappa shape index (κ1) is 15.0. The first-order chi connectivity index (χ1) is 8.17. The normalized spacial score (nSPS) is 8.65. The largest absolute Gasteiger partial charge is 0.492 e. The Bertz CT molecular complexity index is 425. The van der Waals surface area contributed by atoms with Crippen molar-refractivity contribution in [3.8, 4) is 17.9 Å². The molecule has 0 atom stereocenters. The zero-order valence-electron chi connectivity index (χ0n) is 10.8. The molecule has 0 aliphatic rings. The first-order valence-corrected chi connectivity index (χ1v) is 5.74. The van der Waals surface area contributed by atoms with Gasteiger partial charge in [-0.3, -0.25) is 0 Å². The number of benzene rings is 1. The molecular formula is C14H18N2O. The van der Waals surface area contributed by atoms with Crippen molar-refractivity contribution in [3.05, 3.63) is 29.3 Å². The van der Waals surface area contributed by atoms with Crippen LogP contribution in [0.4, 0.5) is 0 Å². The summed E-state index contributed by atoms with van der Waals surface area (Å²) in [4.78, 5) is 0. The van der Waals surface area contributed by atoms with E-state index >= 15 is 0 Å². The van der Waals surface area contributed by atoms with Crippen molar-refractivity contribution in [2.24, 2.45) is 5.92 Å². The van der Waals surface area contributed by atoms with Crippen LogP contribution >= 0.6 is 0 Å². The molecule has 17 heavy (non-hydrogen) atoms. The Hall–Kier alpha value is -2.00. The van der Waals surface area contributed by atoms with Crippen LogP contribution in [0.1, 0.15) is 38.8 Å². The second-order valence-electron chi connectivity index (χ2n) is 3.64. The Labute approximate surface area is 103 Å². The van der Waals surface area contributed by atoms with E-state index in [1.165, 1.54) is 6.07 Å². The average molecular weight is 230 g/mol. The number of nitrogens with zero attached hydrogens (tertiary/aromatic N) is 2. The standard InChI is InChI=1S/C12H12N2O.C2H6/c1-9(2)8-15-12-4-3-10(6-13)5-11(12)7-14;1-2/h3-5,9H,8H2,1-2H3;1-2H3. The molecule has 1 rings (SSSR count). The molecule has 1 aromatic carbocycles. The predicted molar refractivity (Wildman–Crippen MR) is 67.6 cm³/mol. The minimum Gasteiger partial charge on any atom is -0.492 e. The molecule has 0 N–H and O–H groups in total. The molecule has 0 aromatic heterocycles. The van der Waals surface area contributed by atoms with Gasteiger partial charge in [0, 0.05) is 0 Å². The quantitative estimate of drug-likeness (QED) is 0.798. The van der Waals surface area contributed by atoms with Gasteiger partial charge in [-0.1, -0.05) is 27.7 Å². The van der Waals surface area contributed by atoms with Gasteiger partial charge in [0.1, 0.15) is 11.8 Å². The summed E-state index contributed by atoms with van der Waals surface area (Å²) < 4.78 is 5.46. The molecule has 0 bridgehead atoms. The molecule has 0 radical (unpaired) electrons. The predicted octanol–water partition coefficient (Wildman–Crippen LogP) is 3.49. The molecule has 3 heteroatoms. The monoisotopic (exact) mass is 230 g/mol. The van der Waals surface area contributed by atoms with E-state index in [-0.39, 0.29) is 0 Å². The average Bonchev–Trinajstić information content (AvgIpc) is 2.38. The summed E-state index contributed by atoms with van der Waals surface area (Å²) in [6.07, 6.45) is 0. The summed E-state index contributed by atoms with van der Waals surface area (Å²) in [5, 5.41) is 17.5. The fraction of sp³-hybridized carbons (Fsp3) is 0.429. The fourth-order valence-corrected chi connectivity index (χ4v) is 1.07.